The first kappa shape index (κ1) is 15.9. The molecular formula is C13H25N3O3. The lowest BCUT2D eigenvalue weighted by molar-refractivity contribution is 0.0758. The highest BCUT2D eigenvalue weighted by molar-refractivity contribution is 5.28. The van der Waals surface area contributed by atoms with Crippen LogP contribution in [0.5, 0.6) is 0 Å². The van der Waals surface area contributed by atoms with Crippen LogP contribution in [0.1, 0.15) is 12.1 Å². The third kappa shape index (κ3) is 6.56. The van der Waals surface area contributed by atoms with Crippen molar-refractivity contribution in [3.8, 4) is 0 Å². The first-order chi connectivity index (χ1) is 9.27. The molecule has 0 aliphatic heterocycles. The predicted molar refractivity (Wildman–Crippen MR) is 74.6 cm³/mol. The Morgan fingerprint density at radius 3 is 2.68 bits per heavy atom. The van der Waals surface area contributed by atoms with Crippen molar-refractivity contribution in [2.45, 2.75) is 19.9 Å². The van der Waals surface area contributed by atoms with Gasteiger partial charge in [-0.05, 0) is 13.3 Å². The number of aromatic nitrogens is 2. The third-order valence-electron chi connectivity index (χ3n) is 2.61. The molecule has 1 aromatic rings. The Hall–Kier alpha value is -1.11. The highest BCUT2D eigenvalue weighted by Gasteiger charge is 2.04. The summed E-state index contributed by atoms with van der Waals surface area (Å²) in [5, 5.41) is 3.28. The van der Waals surface area contributed by atoms with E-state index in [1.807, 2.05) is 13.1 Å². The molecule has 0 radical (unpaired) electrons. The molecule has 0 unspecified atom stereocenters. The number of anilines is 1. The zero-order valence-electron chi connectivity index (χ0n) is 12.1. The maximum Gasteiger partial charge on any atom is 0.203 e. The second-order valence-corrected chi connectivity index (χ2v) is 4.28. The van der Waals surface area contributed by atoms with E-state index in [9.17, 15) is 0 Å². The molecule has 110 valence electrons. The van der Waals surface area contributed by atoms with Gasteiger partial charge in [-0.15, -0.1) is 0 Å². The molecule has 1 heterocycles. The zero-order valence-corrected chi connectivity index (χ0v) is 12.1. The van der Waals surface area contributed by atoms with Crippen molar-refractivity contribution < 1.29 is 14.2 Å². The van der Waals surface area contributed by atoms with E-state index >= 15 is 0 Å². The summed E-state index contributed by atoms with van der Waals surface area (Å²) in [4.78, 5) is 4.45. The molecule has 1 aromatic heterocycles. The van der Waals surface area contributed by atoms with E-state index < -0.39 is 0 Å². The quantitative estimate of drug-likeness (QED) is 0.615. The van der Waals surface area contributed by atoms with Gasteiger partial charge in [-0.3, -0.25) is 0 Å². The molecule has 0 saturated carbocycles. The van der Waals surface area contributed by atoms with Crippen LogP contribution >= 0.6 is 0 Å². The number of rotatable bonds is 11. The average molecular weight is 271 g/mol. The molecule has 1 rings (SSSR count). The second-order valence-electron chi connectivity index (χ2n) is 4.28. The molecule has 0 fully saturated rings. The van der Waals surface area contributed by atoms with Gasteiger partial charge in [-0.2, -0.15) is 0 Å². The SMILES string of the molecule is COCCCn1cc(C)nc1NCCOCCOC. The van der Waals surface area contributed by atoms with Gasteiger partial charge in [0, 0.05) is 40.1 Å². The van der Waals surface area contributed by atoms with Crippen molar-refractivity contribution in [1.29, 1.82) is 0 Å². The Bertz CT molecular complexity index is 342. The van der Waals surface area contributed by atoms with Crippen molar-refractivity contribution in [2.24, 2.45) is 0 Å². The number of hydrogen-bond donors (Lipinski definition) is 1. The van der Waals surface area contributed by atoms with Crippen molar-refractivity contribution in [1.82, 2.24) is 9.55 Å². The minimum absolute atomic E-state index is 0.624. The zero-order chi connectivity index (χ0) is 13.9. The van der Waals surface area contributed by atoms with Gasteiger partial charge >= 0.3 is 0 Å². The Labute approximate surface area is 115 Å². The van der Waals surface area contributed by atoms with Crippen LogP contribution in [0.4, 0.5) is 5.95 Å². The number of ether oxygens (including phenoxy) is 3. The summed E-state index contributed by atoms with van der Waals surface area (Å²) < 4.78 is 17.5. The molecule has 0 aliphatic carbocycles. The minimum Gasteiger partial charge on any atom is -0.385 e. The van der Waals surface area contributed by atoms with Gasteiger partial charge in [-0.25, -0.2) is 4.98 Å². The van der Waals surface area contributed by atoms with E-state index in [0.717, 1.165) is 37.8 Å². The lowest BCUT2D eigenvalue weighted by Gasteiger charge is -2.09. The third-order valence-corrected chi connectivity index (χ3v) is 2.61. The van der Waals surface area contributed by atoms with Gasteiger partial charge in [0.2, 0.25) is 5.95 Å². The van der Waals surface area contributed by atoms with Crippen LogP contribution in [0.25, 0.3) is 0 Å². The Balaban J connectivity index is 2.27. The summed E-state index contributed by atoms with van der Waals surface area (Å²) in [6.07, 6.45) is 3.02. The molecule has 0 aromatic carbocycles. The van der Waals surface area contributed by atoms with Crippen molar-refractivity contribution in [3.63, 3.8) is 0 Å². The monoisotopic (exact) mass is 271 g/mol. The molecule has 0 saturated heterocycles. The molecule has 0 spiro atoms. The Morgan fingerprint density at radius 1 is 1.16 bits per heavy atom. The molecule has 0 bridgehead atoms. The van der Waals surface area contributed by atoms with Gasteiger partial charge in [-0.1, -0.05) is 0 Å². The van der Waals surface area contributed by atoms with Gasteiger partial charge in [0.15, 0.2) is 0 Å². The first-order valence-corrected chi connectivity index (χ1v) is 6.61. The highest BCUT2D eigenvalue weighted by Crippen LogP contribution is 2.08. The van der Waals surface area contributed by atoms with E-state index in [4.69, 9.17) is 14.2 Å². The molecule has 19 heavy (non-hydrogen) atoms. The van der Waals surface area contributed by atoms with Gasteiger partial charge < -0.3 is 24.1 Å². The van der Waals surface area contributed by atoms with E-state index in [1.54, 1.807) is 14.2 Å². The Kier molecular flexibility index (Phi) is 8.20. The van der Waals surface area contributed by atoms with Crippen LogP contribution in [-0.4, -0.2) is 56.7 Å². The molecular weight excluding hydrogens is 246 g/mol. The van der Waals surface area contributed by atoms with Crippen LogP contribution in [0.15, 0.2) is 6.20 Å². The normalized spacial score (nSPS) is 10.9. The van der Waals surface area contributed by atoms with Gasteiger partial charge in [0.25, 0.3) is 0 Å². The number of aryl methyl sites for hydroxylation is 2. The average Bonchev–Trinajstić information content (AvgIpc) is 2.74. The number of imidazole rings is 1. The van der Waals surface area contributed by atoms with Crippen molar-refractivity contribution >= 4 is 5.95 Å². The van der Waals surface area contributed by atoms with Crippen LogP contribution < -0.4 is 5.32 Å². The number of nitrogens with one attached hydrogen (secondary N) is 1. The summed E-state index contributed by atoms with van der Waals surface area (Å²) >= 11 is 0. The van der Waals surface area contributed by atoms with Crippen LogP contribution in [0.3, 0.4) is 0 Å². The fourth-order valence-corrected chi connectivity index (χ4v) is 1.72. The summed E-state index contributed by atoms with van der Waals surface area (Å²) in [5.74, 6) is 0.893. The molecule has 6 heteroatoms. The van der Waals surface area contributed by atoms with E-state index in [2.05, 4.69) is 14.9 Å². The minimum atomic E-state index is 0.624. The van der Waals surface area contributed by atoms with Gasteiger partial charge in [0.1, 0.15) is 0 Å². The second kappa shape index (κ2) is 9.77. The lowest BCUT2D eigenvalue weighted by atomic mass is 10.4. The van der Waals surface area contributed by atoms with Crippen LogP contribution in [0, 0.1) is 6.92 Å². The topological polar surface area (TPSA) is 57.5 Å². The van der Waals surface area contributed by atoms with Crippen molar-refractivity contribution in [3.05, 3.63) is 11.9 Å². The molecule has 0 amide bonds. The molecule has 0 atom stereocenters. The van der Waals surface area contributed by atoms with Gasteiger partial charge in [0.05, 0.1) is 25.5 Å². The summed E-state index contributed by atoms with van der Waals surface area (Å²) in [6, 6.07) is 0. The smallest absolute Gasteiger partial charge is 0.203 e. The largest absolute Gasteiger partial charge is 0.385 e. The van der Waals surface area contributed by atoms with Crippen LogP contribution in [-0.2, 0) is 20.8 Å². The number of nitrogens with zero attached hydrogens (tertiary/aromatic N) is 2. The first-order valence-electron chi connectivity index (χ1n) is 6.61. The standard InChI is InChI=1S/C13H25N3O3/c1-12-11-16(6-4-7-17-2)13(15-12)14-5-8-19-10-9-18-3/h11H,4-10H2,1-3H3,(H,14,15). The number of hydrogen-bond acceptors (Lipinski definition) is 5. The number of methoxy groups -OCH3 is 2. The maximum absolute atomic E-state index is 5.40. The van der Waals surface area contributed by atoms with E-state index in [0.29, 0.717) is 19.8 Å². The predicted octanol–water partition coefficient (Wildman–Crippen LogP) is 1.30. The molecule has 1 N–H and O–H groups in total. The van der Waals surface area contributed by atoms with Crippen molar-refractivity contribution in [2.75, 3.05) is 52.5 Å². The Morgan fingerprint density at radius 2 is 1.95 bits per heavy atom. The fraction of sp³-hybridized carbons (Fsp3) is 0.769. The van der Waals surface area contributed by atoms with E-state index in [1.165, 1.54) is 0 Å². The maximum atomic E-state index is 5.40. The van der Waals surface area contributed by atoms with E-state index in [-0.39, 0.29) is 0 Å². The molecule has 6 nitrogen and oxygen atoms in total. The summed E-state index contributed by atoms with van der Waals surface area (Å²) in [6.45, 7) is 6.30. The summed E-state index contributed by atoms with van der Waals surface area (Å²) in [7, 11) is 3.39. The highest BCUT2D eigenvalue weighted by atomic mass is 16.5. The van der Waals surface area contributed by atoms with Crippen LogP contribution in [0.2, 0.25) is 0 Å². The lowest BCUT2D eigenvalue weighted by Crippen LogP contribution is -2.15. The summed E-state index contributed by atoms with van der Waals surface area (Å²) in [5.41, 5.74) is 1.01. The molecule has 0 aliphatic rings. The fourth-order valence-electron chi connectivity index (χ4n) is 1.72.